The zero-order valence-corrected chi connectivity index (χ0v) is 19.2. The Bertz CT molecular complexity index is 1200. The number of ether oxygens (including phenoxy) is 2. The minimum absolute atomic E-state index is 0.0481. The summed E-state index contributed by atoms with van der Waals surface area (Å²) in [6.07, 6.45) is -0.308. The van der Waals surface area contributed by atoms with Gasteiger partial charge in [0.1, 0.15) is 22.7 Å². The van der Waals surface area contributed by atoms with Gasteiger partial charge < -0.3 is 19.1 Å². The summed E-state index contributed by atoms with van der Waals surface area (Å²) in [5.41, 5.74) is 1.10. The summed E-state index contributed by atoms with van der Waals surface area (Å²) in [6, 6.07) is 3.49. The van der Waals surface area contributed by atoms with Gasteiger partial charge in [-0.3, -0.25) is 0 Å². The molecule has 34 heavy (non-hydrogen) atoms. The molecule has 3 aromatic rings. The molecule has 0 radical (unpaired) electrons. The highest BCUT2D eigenvalue weighted by Crippen LogP contribution is 2.39. The van der Waals surface area contributed by atoms with Crippen molar-refractivity contribution in [3.8, 4) is 17.1 Å². The fourth-order valence-corrected chi connectivity index (χ4v) is 4.95. The number of halogens is 4. The first-order valence-corrected chi connectivity index (χ1v) is 11.5. The van der Waals surface area contributed by atoms with Gasteiger partial charge in [0, 0.05) is 29.4 Å². The lowest BCUT2D eigenvalue weighted by Gasteiger charge is -2.36. The second-order valence-electron chi connectivity index (χ2n) is 9.16. The number of nitrogens with zero attached hydrogens (tertiary/aromatic N) is 4. The van der Waals surface area contributed by atoms with Crippen LogP contribution in [0.25, 0.3) is 22.2 Å². The molecule has 3 aromatic heterocycles. The van der Waals surface area contributed by atoms with Gasteiger partial charge in [-0.2, -0.15) is 18.2 Å². The first kappa shape index (κ1) is 23.3. The summed E-state index contributed by atoms with van der Waals surface area (Å²) < 4.78 is 52.0. The first-order valence-electron chi connectivity index (χ1n) is 11.1. The highest BCUT2D eigenvalue weighted by Gasteiger charge is 2.42. The van der Waals surface area contributed by atoms with Crippen molar-refractivity contribution in [1.82, 2.24) is 19.5 Å². The number of aliphatic hydroxyl groups is 1. The number of pyridine rings is 1. The molecular formula is C23H24ClF3N4O3. The number of hydrogen-bond acceptors (Lipinski definition) is 6. The number of aryl methyl sites for hydroxylation is 1. The van der Waals surface area contributed by atoms with Crippen LogP contribution in [0.1, 0.15) is 31.5 Å². The van der Waals surface area contributed by atoms with Crippen LogP contribution in [-0.4, -0.2) is 55.7 Å². The topological polar surface area (TPSA) is 82.3 Å². The summed E-state index contributed by atoms with van der Waals surface area (Å²) >= 11 is 6.45. The van der Waals surface area contributed by atoms with Crippen LogP contribution >= 0.6 is 11.6 Å². The molecule has 11 heteroatoms. The Morgan fingerprint density at radius 2 is 1.97 bits per heavy atom. The quantitative estimate of drug-likeness (QED) is 0.515. The number of aromatic nitrogens is 4. The zero-order valence-electron chi connectivity index (χ0n) is 18.5. The van der Waals surface area contributed by atoms with Crippen LogP contribution in [0.15, 0.2) is 24.5 Å². The van der Waals surface area contributed by atoms with Crippen molar-refractivity contribution >= 4 is 22.5 Å². The van der Waals surface area contributed by atoms with Crippen LogP contribution in [0, 0.1) is 12.8 Å². The Morgan fingerprint density at radius 3 is 2.62 bits per heavy atom. The van der Waals surface area contributed by atoms with Gasteiger partial charge in [-0.05, 0) is 38.7 Å². The molecular weight excluding hydrogens is 473 g/mol. The van der Waals surface area contributed by atoms with Crippen LogP contribution in [0.5, 0.6) is 5.88 Å². The molecule has 2 aliphatic rings. The van der Waals surface area contributed by atoms with Crippen molar-refractivity contribution < 1.29 is 27.8 Å². The molecule has 0 aromatic carbocycles. The molecule has 4 heterocycles. The lowest BCUT2D eigenvalue weighted by molar-refractivity contribution is -0.185. The monoisotopic (exact) mass is 496 g/mol. The lowest BCUT2D eigenvalue weighted by Crippen LogP contribution is -2.52. The molecule has 2 fully saturated rings. The third-order valence-electron chi connectivity index (χ3n) is 6.47. The molecule has 1 N–H and O–H groups in total. The predicted octanol–water partition coefficient (Wildman–Crippen LogP) is 4.72. The van der Waals surface area contributed by atoms with E-state index in [0.29, 0.717) is 52.9 Å². The van der Waals surface area contributed by atoms with E-state index in [9.17, 15) is 18.3 Å². The van der Waals surface area contributed by atoms with E-state index in [-0.39, 0.29) is 32.2 Å². The Labute approximate surface area is 198 Å². The molecule has 1 saturated heterocycles. The molecule has 7 nitrogen and oxygen atoms in total. The average Bonchev–Trinajstić information content (AvgIpc) is 3.12. The molecule has 0 bridgehead atoms. The van der Waals surface area contributed by atoms with Gasteiger partial charge in [0.05, 0.1) is 36.9 Å². The molecule has 0 atom stereocenters. The second kappa shape index (κ2) is 8.66. The molecule has 182 valence electrons. The Balaban J connectivity index is 1.44. The zero-order chi connectivity index (χ0) is 24.1. The van der Waals surface area contributed by atoms with Gasteiger partial charge in [-0.1, -0.05) is 11.6 Å². The van der Waals surface area contributed by atoms with Crippen molar-refractivity contribution in [2.75, 3.05) is 13.2 Å². The summed E-state index contributed by atoms with van der Waals surface area (Å²) in [4.78, 5) is 13.1. The Morgan fingerprint density at radius 1 is 1.24 bits per heavy atom. The maximum Gasteiger partial charge on any atom is 0.391 e. The van der Waals surface area contributed by atoms with Crippen LogP contribution < -0.4 is 4.74 Å². The summed E-state index contributed by atoms with van der Waals surface area (Å²) in [5, 5.41) is 11.6. The summed E-state index contributed by atoms with van der Waals surface area (Å²) in [6.45, 7) is 2.55. The highest BCUT2D eigenvalue weighted by molar-refractivity contribution is 6.35. The Hall–Kier alpha value is -2.43. The SMILES string of the molecule is Cc1nc(OC2CCC(C(F)(F)F)CC2)cc(-c2cn(CC3(O)COC3)c3ccnc(Cl)c23)n1. The van der Waals surface area contributed by atoms with E-state index in [1.807, 2.05) is 16.8 Å². The summed E-state index contributed by atoms with van der Waals surface area (Å²) in [5.74, 6) is -0.500. The van der Waals surface area contributed by atoms with Gasteiger partial charge in [0.15, 0.2) is 0 Å². The van der Waals surface area contributed by atoms with Gasteiger partial charge in [0.2, 0.25) is 5.88 Å². The van der Waals surface area contributed by atoms with E-state index >= 15 is 0 Å². The molecule has 0 amide bonds. The van der Waals surface area contributed by atoms with Gasteiger partial charge >= 0.3 is 6.18 Å². The fourth-order valence-electron chi connectivity index (χ4n) is 4.69. The van der Waals surface area contributed by atoms with Crippen LogP contribution in [0.2, 0.25) is 5.15 Å². The molecule has 1 aliphatic carbocycles. The van der Waals surface area contributed by atoms with Gasteiger partial charge in [0.25, 0.3) is 0 Å². The van der Waals surface area contributed by atoms with Crippen LogP contribution in [0.3, 0.4) is 0 Å². The van der Waals surface area contributed by atoms with E-state index in [0.717, 1.165) is 5.52 Å². The minimum Gasteiger partial charge on any atom is -0.474 e. The number of rotatable bonds is 5. The first-order chi connectivity index (χ1) is 16.1. The molecule has 0 spiro atoms. The maximum atomic E-state index is 13.0. The minimum atomic E-state index is -4.16. The fraction of sp³-hybridized carbons (Fsp3) is 0.522. The van der Waals surface area contributed by atoms with E-state index in [2.05, 4.69) is 15.0 Å². The number of fused-ring (bicyclic) bond motifs is 1. The standard InChI is InChI=1S/C23H24ClF3N4O3/c1-13-29-17(8-19(30-13)34-15-4-2-14(3-5-15)23(25,26)27)16-9-31(10-22(32)11-33-12-22)18-6-7-28-21(24)20(16)18/h6-9,14-15,32H,2-5,10-12H2,1H3. The van der Waals surface area contributed by atoms with Crippen LogP contribution in [0.4, 0.5) is 13.2 Å². The van der Waals surface area contributed by atoms with Crippen molar-refractivity contribution in [3.63, 3.8) is 0 Å². The largest absolute Gasteiger partial charge is 0.474 e. The van der Waals surface area contributed by atoms with E-state index in [4.69, 9.17) is 21.1 Å². The van der Waals surface area contributed by atoms with E-state index in [1.165, 1.54) is 0 Å². The molecule has 1 saturated carbocycles. The third-order valence-corrected chi connectivity index (χ3v) is 6.75. The maximum absolute atomic E-state index is 13.0. The van der Waals surface area contributed by atoms with Gasteiger partial charge in [-0.25, -0.2) is 9.97 Å². The van der Waals surface area contributed by atoms with E-state index < -0.39 is 17.7 Å². The predicted molar refractivity (Wildman–Crippen MR) is 119 cm³/mol. The van der Waals surface area contributed by atoms with Crippen molar-refractivity contribution in [3.05, 3.63) is 35.5 Å². The molecule has 5 rings (SSSR count). The molecule has 1 aliphatic heterocycles. The Kier molecular flexibility index (Phi) is 5.94. The normalized spacial score (nSPS) is 22.5. The molecule has 0 unspecified atom stereocenters. The van der Waals surface area contributed by atoms with E-state index in [1.54, 1.807) is 19.2 Å². The van der Waals surface area contributed by atoms with Crippen molar-refractivity contribution in [1.29, 1.82) is 0 Å². The van der Waals surface area contributed by atoms with Crippen molar-refractivity contribution in [2.45, 2.75) is 57.0 Å². The van der Waals surface area contributed by atoms with Crippen LogP contribution in [-0.2, 0) is 11.3 Å². The lowest BCUT2D eigenvalue weighted by atomic mass is 9.87. The second-order valence-corrected chi connectivity index (χ2v) is 9.51. The summed E-state index contributed by atoms with van der Waals surface area (Å²) in [7, 11) is 0. The number of hydrogen-bond donors (Lipinski definition) is 1. The smallest absolute Gasteiger partial charge is 0.391 e. The number of alkyl halides is 3. The average molecular weight is 497 g/mol. The highest BCUT2D eigenvalue weighted by atomic mass is 35.5. The third kappa shape index (κ3) is 4.58. The van der Waals surface area contributed by atoms with Gasteiger partial charge in [-0.15, -0.1) is 0 Å². The van der Waals surface area contributed by atoms with Crippen molar-refractivity contribution in [2.24, 2.45) is 5.92 Å².